The maximum Gasteiger partial charge on any atom is 0.328 e. The molecule has 0 N–H and O–H groups in total. The summed E-state index contributed by atoms with van der Waals surface area (Å²) < 4.78 is 17.6. The molecule has 2 unspecified atom stereocenters. The van der Waals surface area contributed by atoms with E-state index in [0.717, 1.165) is 105 Å². The zero-order valence-corrected chi connectivity index (χ0v) is 51.7. The van der Waals surface area contributed by atoms with E-state index in [1.165, 1.54) is 12.8 Å². The predicted octanol–water partition coefficient (Wildman–Crippen LogP) is 14.0. The standard InChI is InChI=1S/C78H72B2N8O2/c1-6-10-30-55(8-3)53-89-63-44-46-66-68(48-63)83-51-70(85-66)65(50-81)77-72-73(76(58-34-20-13-21-35-58)87(77)79(59-36-22-14-23-37-59)60-38-24-15-25-39-60)78(74(82-5)71-52-84-69-49-64(45-47-67(69)86-71)90-54-56(9-4)31-11-7-2)88(75(72)57-32-18-12-19-33-57)80(61-40-26-16-27-41-61)62-42-28-17-29-43-62/h12-29,32-49,51-52,55-56H,6-11,30-31,53-54H2,1-4H3/b77-65-,78-74+. The molecule has 8 aromatic carbocycles. The zero-order chi connectivity index (χ0) is 61.8. The van der Waals surface area contributed by atoms with E-state index in [2.05, 4.69) is 193 Å². The maximum atomic E-state index is 12.4. The molecule has 12 rings (SSSR count). The average Bonchev–Trinajstić information content (AvgIpc) is 1.52. The summed E-state index contributed by atoms with van der Waals surface area (Å²) >= 11 is 0. The summed E-state index contributed by atoms with van der Waals surface area (Å²) in [5.74, 6) is 2.37. The number of hydrogen-bond acceptors (Lipinski definition) is 7. The largest absolute Gasteiger partial charge is 0.493 e. The van der Waals surface area contributed by atoms with Crippen LogP contribution in [-0.2, 0) is 0 Å². The van der Waals surface area contributed by atoms with E-state index < -0.39 is 13.7 Å². The number of benzene rings is 8. The zero-order valence-electron chi connectivity index (χ0n) is 51.7. The van der Waals surface area contributed by atoms with Gasteiger partial charge in [0.1, 0.15) is 28.8 Å². The van der Waals surface area contributed by atoms with Crippen molar-refractivity contribution in [3.63, 3.8) is 0 Å². The summed E-state index contributed by atoms with van der Waals surface area (Å²) in [5, 5.41) is 15.1. The van der Waals surface area contributed by atoms with Crippen molar-refractivity contribution in [3.8, 4) is 40.1 Å². The van der Waals surface area contributed by atoms with Gasteiger partial charge in [0, 0.05) is 45.8 Å². The van der Waals surface area contributed by atoms with Crippen LogP contribution in [0.3, 0.4) is 0 Å². The van der Waals surface area contributed by atoms with Crippen LogP contribution in [0.2, 0.25) is 0 Å². The highest BCUT2D eigenvalue weighted by Crippen LogP contribution is 2.37. The van der Waals surface area contributed by atoms with Crippen molar-refractivity contribution >= 4 is 79.7 Å². The predicted molar refractivity (Wildman–Crippen MR) is 371 cm³/mol. The molecule has 12 heteroatoms. The fourth-order valence-electron chi connectivity index (χ4n) is 12.8. The summed E-state index contributed by atoms with van der Waals surface area (Å²) in [5.41, 5.74) is 11.2. The lowest BCUT2D eigenvalue weighted by Gasteiger charge is -2.24. The molecule has 4 heterocycles. The van der Waals surface area contributed by atoms with Crippen LogP contribution in [0.4, 0.5) is 0 Å². The van der Waals surface area contributed by atoms with Crippen molar-refractivity contribution in [3.05, 3.63) is 264 Å². The van der Waals surface area contributed by atoms with Gasteiger partial charge in [0.25, 0.3) is 0 Å². The number of ether oxygens (including phenoxy) is 2. The monoisotopic (exact) mass is 1170 g/mol. The number of fused-ring (bicyclic) bond motifs is 3. The number of nitrogens with zero attached hydrogens (tertiary/aromatic N) is 8. The molecule has 12 aromatic rings. The van der Waals surface area contributed by atoms with Gasteiger partial charge in [-0.1, -0.05) is 270 Å². The average molecular weight is 1180 g/mol. The van der Waals surface area contributed by atoms with Crippen molar-refractivity contribution in [1.29, 1.82) is 5.26 Å². The smallest absolute Gasteiger partial charge is 0.328 e. The van der Waals surface area contributed by atoms with E-state index in [1.807, 2.05) is 72.8 Å². The first-order chi connectivity index (χ1) is 44.4. The number of unbranched alkanes of at least 4 members (excludes halogenated alkanes) is 2. The molecule has 0 aliphatic carbocycles. The lowest BCUT2D eigenvalue weighted by atomic mass is 9.50. The first kappa shape index (κ1) is 60.0. The minimum atomic E-state index is -0.540. The van der Waals surface area contributed by atoms with Gasteiger partial charge < -0.3 is 18.4 Å². The molecule has 0 amide bonds. The second kappa shape index (κ2) is 28.3. The highest BCUT2D eigenvalue weighted by molar-refractivity contribution is 6.85. The Bertz CT molecular complexity index is 4270. The van der Waals surface area contributed by atoms with E-state index in [4.69, 9.17) is 29.4 Å². The summed E-state index contributed by atoms with van der Waals surface area (Å²) in [6.07, 6.45) is 12.4. The third-order valence-corrected chi connectivity index (χ3v) is 17.5. The normalized spacial score (nSPS) is 12.7. The Morgan fingerprint density at radius 2 is 0.867 bits per heavy atom. The van der Waals surface area contributed by atoms with E-state index in [0.29, 0.717) is 74.8 Å². The fraction of sp³-hybridized carbons (Fsp3) is 0.205. The molecule has 0 aliphatic rings. The van der Waals surface area contributed by atoms with E-state index >= 15 is 0 Å². The summed E-state index contributed by atoms with van der Waals surface area (Å²) in [4.78, 5) is 25.7. The quantitative estimate of drug-likeness (QED) is 0.0438. The third kappa shape index (κ3) is 12.4. The molecule has 442 valence electrons. The second-order valence-corrected chi connectivity index (χ2v) is 23.3. The van der Waals surface area contributed by atoms with Crippen LogP contribution >= 0.6 is 0 Å². The van der Waals surface area contributed by atoms with Gasteiger partial charge in [0.2, 0.25) is 5.70 Å². The fourth-order valence-corrected chi connectivity index (χ4v) is 12.8. The first-order valence-corrected chi connectivity index (χ1v) is 31.9. The summed E-state index contributed by atoms with van der Waals surface area (Å²) in [7, 11) is 0. The van der Waals surface area contributed by atoms with Crippen LogP contribution in [0.25, 0.3) is 71.5 Å². The Morgan fingerprint density at radius 3 is 1.26 bits per heavy atom. The van der Waals surface area contributed by atoms with Gasteiger partial charge in [-0.15, -0.1) is 0 Å². The summed E-state index contributed by atoms with van der Waals surface area (Å²) in [6, 6.07) is 77.3. The van der Waals surface area contributed by atoms with Gasteiger partial charge in [-0.05, 0) is 60.1 Å². The highest BCUT2D eigenvalue weighted by Gasteiger charge is 2.37. The van der Waals surface area contributed by atoms with E-state index in [9.17, 15) is 11.8 Å². The van der Waals surface area contributed by atoms with Crippen LogP contribution in [0.5, 0.6) is 11.5 Å². The van der Waals surface area contributed by atoms with Crippen molar-refractivity contribution in [2.24, 2.45) is 11.8 Å². The molecule has 0 fully saturated rings. The van der Waals surface area contributed by atoms with Crippen LogP contribution < -0.4 is 42.0 Å². The van der Waals surface area contributed by atoms with Gasteiger partial charge in [0.15, 0.2) is 0 Å². The lowest BCUT2D eigenvalue weighted by molar-refractivity contribution is 0.233. The molecule has 0 saturated carbocycles. The van der Waals surface area contributed by atoms with Gasteiger partial charge >= 0.3 is 13.7 Å². The van der Waals surface area contributed by atoms with Crippen LogP contribution in [0.15, 0.2) is 231 Å². The summed E-state index contributed by atoms with van der Waals surface area (Å²) in [6.45, 7) is 18.8. The van der Waals surface area contributed by atoms with Crippen molar-refractivity contribution in [2.75, 3.05) is 13.2 Å². The molecular weight excluding hydrogens is 1100 g/mol. The SMILES string of the molecule is [C-]#[N+]/C(c1cnc2cc(OCC(CC)CCCC)ccc2n1)=c1\c2c(-c3ccccc3)n(B(c3ccccc3)c3ccccc3)/c(=C(/C#N)c3cnc4cc(OCC(CC)CCCC)ccc4n3)c2c(-c2ccccc2)n1B(c1ccccc1)c1ccccc1. The highest BCUT2D eigenvalue weighted by atomic mass is 16.5. The van der Waals surface area contributed by atoms with Crippen LogP contribution in [-0.4, -0.2) is 55.8 Å². The molecule has 0 saturated heterocycles. The Hall–Kier alpha value is -10.3. The van der Waals surface area contributed by atoms with Crippen LogP contribution in [0.1, 0.15) is 90.4 Å². The van der Waals surface area contributed by atoms with Gasteiger partial charge in [-0.2, -0.15) is 5.26 Å². The maximum absolute atomic E-state index is 12.4. The van der Waals surface area contributed by atoms with E-state index in [-0.39, 0.29) is 5.70 Å². The van der Waals surface area contributed by atoms with Gasteiger partial charge in [0.05, 0.1) is 59.1 Å². The van der Waals surface area contributed by atoms with Crippen LogP contribution in [0, 0.1) is 29.7 Å². The van der Waals surface area contributed by atoms with Gasteiger partial charge in [-0.3, -0.25) is 15.0 Å². The third-order valence-electron chi connectivity index (χ3n) is 17.5. The van der Waals surface area contributed by atoms with E-state index in [1.54, 1.807) is 12.4 Å². The number of rotatable bonds is 24. The molecule has 4 aromatic heterocycles. The minimum Gasteiger partial charge on any atom is -0.493 e. The Labute approximate surface area is 528 Å². The van der Waals surface area contributed by atoms with Crippen molar-refractivity contribution in [2.45, 2.75) is 79.1 Å². The lowest BCUT2D eigenvalue weighted by Crippen LogP contribution is -2.54. The Morgan fingerprint density at radius 1 is 0.489 bits per heavy atom. The molecule has 10 nitrogen and oxygen atoms in total. The van der Waals surface area contributed by atoms with Crippen molar-refractivity contribution < 1.29 is 9.47 Å². The Balaban J connectivity index is 1.27. The minimum absolute atomic E-state index is 0.282. The number of aromatic nitrogens is 6. The molecule has 0 radical (unpaired) electrons. The van der Waals surface area contributed by atoms with Gasteiger partial charge in [-0.25, -0.2) is 9.83 Å². The molecule has 0 aliphatic heterocycles. The second-order valence-electron chi connectivity index (χ2n) is 23.3. The van der Waals surface area contributed by atoms with Crippen molar-refractivity contribution in [1.82, 2.24) is 28.9 Å². The topological polar surface area (TPSA) is 108 Å². The molecular formula is C78H72B2N8O2. The first-order valence-electron chi connectivity index (χ1n) is 31.9. The molecule has 0 spiro atoms. The molecule has 2 atom stereocenters. The number of hydrogen-bond donors (Lipinski definition) is 0. The molecule has 0 bridgehead atoms. The number of nitriles is 1. The Kier molecular flexibility index (Phi) is 18.8. The molecule has 90 heavy (non-hydrogen) atoms.